The highest BCUT2D eigenvalue weighted by atomic mass is 35.7. The van der Waals surface area contributed by atoms with Crippen LogP contribution < -0.4 is 0 Å². The molecule has 2 unspecified atom stereocenters. The van der Waals surface area contributed by atoms with Gasteiger partial charge in [0.15, 0.2) is 0 Å². The molecule has 1 aliphatic carbocycles. The molecule has 0 bridgehead atoms. The van der Waals surface area contributed by atoms with E-state index >= 15 is 0 Å². The predicted molar refractivity (Wildman–Crippen MR) is 54.9 cm³/mol. The lowest BCUT2D eigenvalue weighted by Crippen LogP contribution is -2.32. The molecule has 0 spiro atoms. The Morgan fingerprint density at radius 3 is 2.50 bits per heavy atom. The van der Waals surface area contributed by atoms with E-state index in [1.165, 1.54) is 12.8 Å². The van der Waals surface area contributed by atoms with Crippen molar-refractivity contribution in [3.8, 4) is 0 Å². The molecule has 5 heteroatoms. The standard InChI is InChI=1S/C9H15ClO3S/c10-14(11,12)6-8-2-1-3-9(13-8)7-4-5-7/h7-9H,1-6H2. The van der Waals surface area contributed by atoms with Gasteiger partial charge < -0.3 is 4.74 Å². The molecular weight excluding hydrogens is 224 g/mol. The fraction of sp³-hybridized carbons (Fsp3) is 1.00. The van der Waals surface area contributed by atoms with E-state index in [0.29, 0.717) is 12.0 Å². The van der Waals surface area contributed by atoms with E-state index in [-0.39, 0.29) is 11.9 Å². The third kappa shape index (κ3) is 3.11. The fourth-order valence-electron chi connectivity index (χ4n) is 2.09. The van der Waals surface area contributed by atoms with E-state index in [1.807, 2.05) is 0 Å². The molecule has 1 saturated carbocycles. The van der Waals surface area contributed by atoms with Crippen LogP contribution >= 0.6 is 10.7 Å². The number of ether oxygens (including phenoxy) is 1. The van der Waals surface area contributed by atoms with Crippen molar-refractivity contribution in [2.75, 3.05) is 5.75 Å². The summed E-state index contributed by atoms with van der Waals surface area (Å²) in [7, 11) is 1.80. The van der Waals surface area contributed by atoms with E-state index in [2.05, 4.69) is 0 Å². The largest absolute Gasteiger partial charge is 0.374 e. The number of rotatable bonds is 3. The van der Waals surface area contributed by atoms with Gasteiger partial charge in [0.1, 0.15) is 0 Å². The van der Waals surface area contributed by atoms with Crippen LogP contribution in [0.15, 0.2) is 0 Å². The maximum Gasteiger partial charge on any atom is 0.235 e. The van der Waals surface area contributed by atoms with Gasteiger partial charge in [-0.1, -0.05) is 0 Å². The maximum absolute atomic E-state index is 10.9. The quantitative estimate of drug-likeness (QED) is 0.706. The minimum Gasteiger partial charge on any atom is -0.374 e. The summed E-state index contributed by atoms with van der Waals surface area (Å²) in [4.78, 5) is 0. The molecule has 0 N–H and O–H groups in total. The third-order valence-electron chi connectivity index (χ3n) is 2.91. The maximum atomic E-state index is 10.9. The smallest absolute Gasteiger partial charge is 0.235 e. The van der Waals surface area contributed by atoms with Crippen LogP contribution in [0.3, 0.4) is 0 Å². The van der Waals surface area contributed by atoms with Crippen LogP contribution in [-0.2, 0) is 13.8 Å². The Balaban J connectivity index is 1.87. The van der Waals surface area contributed by atoms with Crippen LogP contribution in [0.2, 0.25) is 0 Å². The summed E-state index contributed by atoms with van der Waals surface area (Å²) in [6, 6.07) is 0. The lowest BCUT2D eigenvalue weighted by molar-refractivity contribution is -0.0485. The van der Waals surface area contributed by atoms with Crippen LogP contribution in [0, 0.1) is 5.92 Å². The molecule has 3 nitrogen and oxygen atoms in total. The van der Waals surface area contributed by atoms with Gasteiger partial charge in [-0.2, -0.15) is 0 Å². The normalized spacial score (nSPS) is 34.4. The number of halogens is 1. The molecule has 1 aliphatic heterocycles. The average Bonchev–Trinajstić information content (AvgIpc) is 2.83. The Kier molecular flexibility index (Phi) is 3.05. The Labute approximate surface area is 89.2 Å². The van der Waals surface area contributed by atoms with Gasteiger partial charge in [0, 0.05) is 10.7 Å². The monoisotopic (exact) mass is 238 g/mol. The van der Waals surface area contributed by atoms with Gasteiger partial charge in [-0.05, 0) is 38.0 Å². The van der Waals surface area contributed by atoms with Gasteiger partial charge in [-0.3, -0.25) is 0 Å². The molecule has 0 radical (unpaired) electrons. The summed E-state index contributed by atoms with van der Waals surface area (Å²) in [6.45, 7) is 0. The van der Waals surface area contributed by atoms with Crippen molar-refractivity contribution in [3.05, 3.63) is 0 Å². The van der Waals surface area contributed by atoms with Crippen molar-refractivity contribution < 1.29 is 13.2 Å². The summed E-state index contributed by atoms with van der Waals surface area (Å²) < 4.78 is 27.5. The van der Waals surface area contributed by atoms with Gasteiger partial charge >= 0.3 is 0 Å². The van der Waals surface area contributed by atoms with E-state index in [0.717, 1.165) is 19.3 Å². The zero-order chi connectivity index (χ0) is 10.2. The van der Waals surface area contributed by atoms with E-state index < -0.39 is 9.05 Å². The van der Waals surface area contributed by atoms with Gasteiger partial charge in [0.2, 0.25) is 9.05 Å². The van der Waals surface area contributed by atoms with Crippen LogP contribution in [0.5, 0.6) is 0 Å². The van der Waals surface area contributed by atoms with Crippen LogP contribution in [-0.4, -0.2) is 26.4 Å². The first-order valence-electron chi connectivity index (χ1n) is 5.12. The van der Waals surface area contributed by atoms with Gasteiger partial charge in [-0.15, -0.1) is 0 Å². The summed E-state index contributed by atoms with van der Waals surface area (Å²) in [6.07, 6.45) is 5.59. The highest BCUT2D eigenvalue weighted by Gasteiger charge is 2.36. The molecule has 2 atom stereocenters. The van der Waals surface area contributed by atoms with Crippen LogP contribution in [0.4, 0.5) is 0 Å². The highest BCUT2D eigenvalue weighted by Crippen LogP contribution is 2.39. The molecular formula is C9H15ClO3S. The molecule has 0 aromatic rings. The first-order chi connectivity index (χ1) is 6.54. The Morgan fingerprint density at radius 1 is 1.21 bits per heavy atom. The lowest BCUT2D eigenvalue weighted by atomic mass is 10.0. The van der Waals surface area contributed by atoms with Crippen LogP contribution in [0.1, 0.15) is 32.1 Å². The second-order valence-corrected chi connectivity index (χ2v) is 7.09. The van der Waals surface area contributed by atoms with Gasteiger partial charge in [0.25, 0.3) is 0 Å². The Morgan fingerprint density at radius 2 is 1.93 bits per heavy atom. The molecule has 0 aromatic carbocycles. The average molecular weight is 239 g/mol. The molecule has 82 valence electrons. The molecule has 14 heavy (non-hydrogen) atoms. The minimum atomic E-state index is -3.41. The van der Waals surface area contributed by atoms with Crippen LogP contribution in [0.25, 0.3) is 0 Å². The van der Waals surface area contributed by atoms with Crippen molar-refractivity contribution in [2.45, 2.75) is 44.3 Å². The highest BCUT2D eigenvalue weighted by molar-refractivity contribution is 8.13. The fourth-order valence-corrected chi connectivity index (χ4v) is 3.20. The molecule has 1 saturated heterocycles. The lowest BCUT2D eigenvalue weighted by Gasteiger charge is -2.29. The summed E-state index contributed by atoms with van der Waals surface area (Å²) in [5.41, 5.74) is 0. The SMILES string of the molecule is O=S(=O)(Cl)CC1CCCC(C2CC2)O1. The molecule has 2 aliphatic rings. The second kappa shape index (κ2) is 3.99. The third-order valence-corrected chi connectivity index (χ3v) is 4.06. The van der Waals surface area contributed by atoms with E-state index in [4.69, 9.17) is 15.4 Å². The summed E-state index contributed by atoms with van der Waals surface area (Å²) in [5.74, 6) is 0.661. The molecule has 2 fully saturated rings. The van der Waals surface area contributed by atoms with Crippen molar-refractivity contribution in [3.63, 3.8) is 0 Å². The van der Waals surface area contributed by atoms with Gasteiger partial charge in [-0.25, -0.2) is 8.42 Å². The molecule has 0 amide bonds. The Hall–Kier alpha value is 0.200. The van der Waals surface area contributed by atoms with Crippen molar-refractivity contribution >= 4 is 19.7 Å². The number of hydrogen-bond donors (Lipinski definition) is 0. The molecule has 1 heterocycles. The second-order valence-electron chi connectivity index (χ2n) is 4.27. The Bertz CT molecular complexity index is 297. The topological polar surface area (TPSA) is 43.4 Å². The zero-order valence-electron chi connectivity index (χ0n) is 7.99. The van der Waals surface area contributed by atoms with E-state index in [1.54, 1.807) is 0 Å². The first kappa shape index (κ1) is 10.7. The molecule has 2 rings (SSSR count). The predicted octanol–water partition coefficient (Wildman–Crippen LogP) is 1.90. The van der Waals surface area contributed by atoms with Crippen molar-refractivity contribution in [1.29, 1.82) is 0 Å². The summed E-state index contributed by atoms with van der Waals surface area (Å²) in [5, 5.41) is 0. The minimum absolute atomic E-state index is 0.0300. The van der Waals surface area contributed by atoms with Crippen molar-refractivity contribution in [1.82, 2.24) is 0 Å². The zero-order valence-corrected chi connectivity index (χ0v) is 9.56. The van der Waals surface area contributed by atoms with E-state index in [9.17, 15) is 8.42 Å². The van der Waals surface area contributed by atoms with Gasteiger partial charge in [0.05, 0.1) is 18.0 Å². The van der Waals surface area contributed by atoms with Crippen molar-refractivity contribution in [2.24, 2.45) is 5.92 Å². The molecule has 0 aromatic heterocycles. The number of hydrogen-bond acceptors (Lipinski definition) is 3. The summed E-state index contributed by atoms with van der Waals surface area (Å²) >= 11 is 0. The first-order valence-corrected chi connectivity index (χ1v) is 7.60.